The van der Waals surface area contributed by atoms with E-state index in [0.29, 0.717) is 12.8 Å². The van der Waals surface area contributed by atoms with E-state index >= 15 is 0 Å². The van der Waals surface area contributed by atoms with Crippen LogP contribution in [0.4, 0.5) is 0 Å². The number of nitrogens with zero attached hydrogens (tertiary/aromatic N) is 2. The molecule has 0 aliphatic heterocycles. The fourth-order valence-electron chi connectivity index (χ4n) is 2.76. The molecule has 0 unspecified atom stereocenters. The minimum atomic E-state index is -0.555. The molecule has 1 heterocycles. The SMILES string of the molecule is CCn1nc(C)cc1CC(CO)(CO)Cc1ccccc1. The van der Waals surface area contributed by atoms with E-state index in [9.17, 15) is 10.2 Å². The Hall–Kier alpha value is -1.65. The van der Waals surface area contributed by atoms with Crippen LogP contribution in [-0.4, -0.2) is 33.2 Å². The number of aliphatic hydroxyl groups excluding tert-OH is 2. The Kier molecular flexibility index (Phi) is 5.15. The zero-order valence-corrected chi connectivity index (χ0v) is 12.8. The molecule has 114 valence electrons. The molecule has 2 N–H and O–H groups in total. The number of rotatable bonds is 7. The van der Waals surface area contributed by atoms with Crippen LogP contribution in [0.5, 0.6) is 0 Å². The summed E-state index contributed by atoms with van der Waals surface area (Å²) in [6, 6.07) is 12.0. The minimum Gasteiger partial charge on any atom is -0.396 e. The van der Waals surface area contributed by atoms with E-state index in [0.717, 1.165) is 23.5 Å². The lowest BCUT2D eigenvalue weighted by Crippen LogP contribution is -2.35. The van der Waals surface area contributed by atoms with Gasteiger partial charge >= 0.3 is 0 Å². The number of aromatic nitrogens is 2. The molecule has 2 rings (SSSR count). The molecule has 4 nitrogen and oxygen atoms in total. The summed E-state index contributed by atoms with van der Waals surface area (Å²) in [7, 11) is 0. The number of hydrogen-bond acceptors (Lipinski definition) is 3. The molecule has 0 aliphatic rings. The van der Waals surface area contributed by atoms with Crippen LogP contribution < -0.4 is 0 Å². The van der Waals surface area contributed by atoms with E-state index in [2.05, 4.69) is 5.10 Å². The Labute approximate surface area is 126 Å². The Morgan fingerprint density at radius 2 is 1.76 bits per heavy atom. The van der Waals surface area contributed by atoms with Gasteiger partial charge in [0.2, 0.25) is 0 Å². The van der Waals surface area contributed by atoms with Crippen LogP contribution in [0.25, 0.3) is 0 Å². The molecule has 0 saturated heterocycles. The summed E-state index contributed by atoms with van der Waals surface area (Å²) in [5.41, 5.74) is 2.60. The molecular formula is C17H24N2O2. The Bertz CT molecular complexity index is 559. The lowest BCUT2D eigenvalue weighted by molar-refractivity contribution is 0.0531. The molecule has 2 aromatic rings. The maximum Gasteiger partial charge on any atom is 0.0596 e. The lowest BCUT2D eigenvalue weighted by Gasteiger charge is -2.30. The van der Waals surface area contributed by atoms with Crippen LogP contribution >= 0.6 is 0 Å². The van der Waals surface area contributed by atoms with Gasteiger partial charge in [0.15, 0.2) is 0 Å². The van der Waals surface area contributed by atoms with Gasteiger partial charge < -0.3 is 10.2 Å². The first-order chi connectivity index (χ1) is 10.1. The summed E-state index contributed by atoms with van der Waals surface area (Å²) in [6.45, 7) is 4.71. The summed E-state index contributed by atoms with van der Waals surface area (Å²) in [4.78, 5) is 0. The van der Waals surface area contributed by atoms with Crippen molar-refractivity contribution in [2.75, 3.05) is 13.2 Å². The van der Waals surface area contributed by atoms with Crippen molar-refractivity contribution in [2.45, 2.75) is 33.2 Å². The first-order valence-corrected chi connectivity index (χ1v) is 7.41. The molecule has 0 bridgehead atoms. The van der Waals surface area contributed by atoms with Gasteiger partial charge in [0, 0.05) is 17.7 Å². The van der Waals surface area contributed by atoms with Gasteiger partial charge in [0.05, 0.1) is 18.9 Å². The highest BCUT2D eigenvalue weighted by atomic mass is 16.3. The van der Waals surface area contributed by atoms with Crippen molar-refractivity contribution in [3.8, 4) is 0 Å². The van der Waals surface area contributed by atoms with Crippen molar-refractivity contribution < 1.29 is 10.2 Å². The molecule has 0 atom stereocenters. The van der Waals surface area contributed by atoms with Crippen LogP contribution in [0, 0.1) is 12.3 Å². The quantitative estimate of drug-likeness (QED) is 0.819. The average molecular weight is 288 g/mol. The second kappa shape index (κ2) is 6.87. The third-order valence-corrected chi connectivity index (χ3v) is 3.93. The highest BCUT2D eigenvalue weighted by Crippen LogP contribution is 2.27. The van der Waals surface area contributed by atoms with Crippen LogP contribution in [-0.2, 0) is 19.4 Å². The van der Waals surface area contributed by atoms with E-state index in [4.69, 9.17) is 0 Å². The highest BCUT2D eigenvalue weighted by molar-refractivity contribution is 5.19. The number of aliphatic hydroxyl groups is 2. The van der Waals surface area contributed by atoms with Crippen LogP contribution in [0.15, 0.2) is 36.4 Å². The predicted molar refractivity (Wildman–Crippen MR) is 83.1 cm³/mol. The number of aryl methyl sites for hydroxylation is 2. The van der Waals surface area contributed by atoms with E-state index in [1.54, 1.807) is 0 Å². The average Bonchev–Trinajstić information content (AvgIpc) is 2.87. The normalized spacial score (nSPS) is 11.8. The monoisotopic (exact) mass is 288 g/mol. The third-order valence-electron chi connectivity index (χ3n) is 3.93. The Morgan fingerprint density at radius 3 is 2.33 bits per heavy atom. The van der Waals surface area contributed by atoms with Crippen LogP contribution in [0.2, 0.25) is 0 Å². The smallest absolute Gasteiger partial charge is 0.0596 e. The second-order valence-corrected chi connectivity index (χ2v) is 5.75. The largest absolute Gasteiger partial charge is 0.396 e. The van der Waals surface area contributed by atoms with E-state index < -0.39 is 5.41 Å². The number of benzene rings is 1. The van der Waals surface area contributed by atoms with Crippen molar-refractivity contribution >= 4 is 0 Å². The second-order valence-electron chi connectivity index (χ2n) is 5.75. The van der Waals surface area contributed by atoms with Crippen molar-refractivity contribution in [2.24, 2.45) is 5.41 Å². The maximum atomic E-state index is 9.88. The zero-order valence-electron chi connectivity index (χ0n) is 12.8. The molecule has 4 heteroatoms. The summed E-state index contributed by atoms with van der Waals surface area (Å²) < 4.78 is 1.94. The Morgan fingerprint density at radius 1 is 1.10 bits per heavy atom. The van der Waals surface area contributed by atoms with Crippen LogP contribution in [0.1, 0.15) is 23.9 Å². The molecule has 0 radical (unpaired) electrons. The zero-order chi connectivity index (χ0) is 15.3. The van der Waals surface area contributed by atoms with E-state index in [1.807, 2.05) is 54.9 Å². The topological polar surface area (TPSA) is 58.3 Å². The molecule has 0 fully saturated rings. The first kappa shape index (κ1) is 15.7. The molecular weight excluding hydrogens is 264 g/mol. The summed E-state index contributed by atoms with van der Waals surface area (Å²) in [5, 5.41) is 24.2. The summed E-state index contributed by atoms with van der Waals surface area (Å²) >= 11 is 0. The van der Waals surface area contributed by atoms with Gasteiger partial charge in [0.1, 0.15) is 0 Å². The van der Waals surface area contributed by atoms with Gasteiger partial charge in [0.25, 0.3) is 0 Å². The van der Waals surface area contributed by atoms with Gasteiger partial charge in [-0.25, -0.2) is 0 Å². The Balaban J connectivity index is 2.25. The maximum absolute atomic E-state index is 9.88. The number of hydrogen-bond donors (Lipinski definition) is 2. The summed E-state index contributed by atoms with van der Waals surface area (Å²) in [5.74, 6) is 0. The van der Waals surface area contributed by atoms with Crippen LogP contribution in [0.3, 0.4) is 0 Å². The fraction of sp³-hybridized carbons (Fsp3) is 0.471. The minimum absolute atomic E-state index is 0.0493. The molecule has 0 saturated carbocycles. The molecule has 0 aliphatic carbocycles. The molecule has 0 amide bonds. The van der Waals surface area contributed by atoms with E-state index in [-0.39, 0.29) is 13.2 Å². The fourth-order valence-corrected chi connectivity index (χ4v) is 2.76. The highest BCUT2D eigenvalue weighted by Gasteiger charge is 2.31. The first-order valence-electron chi connectivity index (χ1n) is 7.41. The van der Waals surface area contributed by atoms with Gasteiger partial charge in [-0.2, -0.15) is 5.10 Å². The molecule has 21 heavy (non-hydrogen) atoms. The van der Waals surface area contributed by atoms with Gasteiger partial charge in [-0.05, 0) is 38.3 Å². The molecule has 1 aromatic carbocycles. The van der Waals surface area contributed by atoms with Gasteiger partial charge in [-0.1, -0.05) is 30.3 Å². The molecule has 0 spiro atoms. The van der Waals surface area contributed by atoms with Crippen molar-refractivity contribution in [3.63, 3.8) is 0 Å². The molecule has 1 aromatic heterocycles. The van der Waals surface area contributed by atoms with Crippen molar-refractivity contribution in [1.29, 1.82) is 0 Å². The van der Waals surface area contributed by atoms with E-state index in [1.165, 1.54) is 0 Å². The predicted octanol–water partition coefficient (Wildman–Crippen LogP) is 1.97. The lowest BCUT2D eigenvalue weighted by atomic mass is 9.79. The van der Waals surface area contributed by atoms with Crippen molar-refractivity contribution in [1.82, 2.24) is 9.78 Å². The van der Waals surface area contributed by atoms with Crippen molar-refractivity contribution in [3.05, 3.63) is 53.3 Å². The third kappa shape index (κ3) is 3.71. The van der Waals surface area contributed by atoms with Gasteiger partial charge in [-0.15, -0.1) is 0 Å². The summed E-state index contributed by atoms with van der Waals surface area (Å²) in [6.07, 6.45) is 1.26. The standard InChI is InChI=1S/C17H24N2O2/c1-3-19-16(9-14(2)18-19)11-17(12-20,13-21)10-15-7-5-4-6-8-15/h4-9,20-21H,3,10-13H2,1-2H3. The van der Waals surface area contributed by atoms with Gasteiger partial charge in [-0.3, -0.25) is 4.68 Å².